The summed E-state index contributed by atoms with van der Waals surface area (Å²) in [5, 5.41) is 11.3. The highest BCUT2D eigenvalue weighted by molar-refractivity contribution is 6.51. The molecular weight excluding hydrogens is 442 g/mol. The van der Waals surface area contributed by atoms with Crippen LogP contribution in [-0.2, 0) is 9.59 Å². The van der Waals surface area contributed by atoms with Crippen molar-refractivity contribution < 1.29 is 24.2 Å². The van der Waals surface area contributed by atoms with Gasteiger partial charge in [0.25, 0.3) is 11.7 Å². The molecule has 180 valence electrons. The summed E-state index contributed by atoms with van der Waals surface area (Å²) in [5.41, 5.74) is 1.74. The molecule has 0 aliphatic carbocycles. The first-order valence-electron chi connectivity index (χ1n) is 11.8. The van der Waals surface area contributed by atoms with Crippen LogP contribution in [0.4, 0.5) is 5.69 Å². The van der Waals surface area contributed by atoms with E-state index in [0.717, 1.165) is 6.42 Å². The van der Waals surface area contributed by atoms with Crippen LogP contribution in [0.5, 0.6) is 11.5 Å². The Labute approximate surface area is 205 Å². The molecule has 1 unspecified atom stereocenters. The van der Waals surface area contributed by atoms with E-state index in [2.05, 4.69) is 0 Å². The minimum Gasteiger partial charge on any atom is -0.507 e. The van der Waals surface area contributed by atoms with Crippen LogP contribution in [0.3, 0.4) is 0 Å². The van der Waals surface area contributed by atoms with Crippen LogP contribution in [0, 0.1) is 0 Å². The van der Waals surface area contributed by atoms with Crippen LogP contribution in [0.1, 0.15) is 44.4 Å². The van der Waals surface area contributed by atoms with Gasteiger partial charge in [0.15, 0.2) is 0 Å². The third-order valence-electron chi connectivity index (χ3n) is 5.65. The van der Waals surface area contributed by atoms with Crippen LogP contribution < -0.4 is 14.4 Å². The van der Waals surface area contributed by atoms with Crippen molar-refractivity contribution in [1.29, 1.82) is 0 Å². The van der Waals surface area contributed by atoms with E-state index in [0.29, 0.717) is 34.9 Å². The molecule has 6 nitrogen and oxygen atoms in total. The van der Waals surface area contributed by atoms with Crippen LogP contribution in [-0.4, -0.2) is 29.5 Å². The number of aliphatic hydroxyl groups excluding tert-OH is 1. The second-order valence-corrected chi connectivity index (χ2v) is 8.61. The molecular formula is C29H29NO5. The smallest absolute Gasteiger partial charge is 0.300 e. The zero-order chi connectivity index (χ0) is 24.9. The van der Waals surface area contributed by atoms with E-state index in [1.54, 1.807) is 48.5 Å². The van der Waals surface area contributed by atoms with E-state index in [1.165, 1.54) is 4.90 Å². The van der Waals surface area contributed by atoms with Crippen molar-refractivity contribution in [3.8, 4) is 11.5 Å². The van der Waals surface area contributed by atoms with Crippen LogP contribution in [0.25, 0.3) is 5.76 Å². The van der Waals surface area contributed by atoms with Gasteiger partial charge < -0.3 is 14.6 Å². The number of rotatable bonds is 8. The molecule has 3 aromatic carbocycles. The van der Waals surface area contributed by atoms with Crippen molar-refractivity contribution in [2.75, 3.05) is 11.5 Å². The number of ether oxygens (including phenoxy) is 2. The number of carbonyl (C=O) groups excluding carboxylic acids is 2. The number of Topliss-reactive ketones (excluding diaryl/α,β-unsaturated/α-hetero) is 1. The molecule has 1 N–H and O–H groups in total. The fraction of sp³-hybridized carbons (Fsp3) is 0.241. The van der Waals surface area contributed by atoms with Gasteiger partial charge in [0.05, 0.1) is 24.3 Å². The lowest BCUT2D eigenvalue weighted by Gasteiger charge is -2.25. The van der Waals surface area contributed by atoms with Crippen molar-refractivity contribution >= 4 is 23.1 Å². The van der Waals surface area contributed by atoms with Gasteiger partial charge in [-0.05, 0) is 74.4 Å². The van der Waals surface area contributed by atoms with Gasteiger partial charge in [0.1, 0.15) is 17.3 Å². The quantitative estimate of drug-likeness (QED) is 0.252. The van der Waals surface area contributed by atoms with Crippen molar-refractivity contribution in [2.45, 2.75) is 39.3 Å². The predicted molar refractivity (Wildman–Crippen MR) is 136 cm³/mol. The zero-order valence-electron chi connectivity index (χ0n) is 20.1. The first kappa shape index (κ1) is 24.1. The Morgan fingerprint density at radius 3 is 2.14 bits per heavy atom. The Hall–Kier alpha value is -4.06. The number of ketones is 1. The molecule has 1 aliphatic heterocycles. The van der Waals surface area contributed by atoms with Gasteiger partial charge in [-0.25, -0.2) is 0 Å². The molecule has 6 heteroatoms. The number of benzene rings is 3. The first-order chi connectivity index (χ1) is 16.9. The fourth-order valence-electron chi connectivity index (χ4n) is 4.09. The van der Waals surface area contributed by atoms with E-state index in [1.807, 2.05) is 51.1 Å². The number of hydrogen-bond acceptors (Lipinski definition) is 5. The minimum absolute atomic E-state index is 0.00919. The molecule has 1 saturated heterocycles. The second-order valence-electron chi connectivity index (χ2n) is 8.61. The third-order valence-corrected chi connectivity index (χ3v) is 5.65. The standard InChI is InChI=1S/C29H29NO5/c1-4-18-34-23-14-10-20(11-15-23)26-25(27(31)21-12-16-24(17-13-21)35-19(2)3)28(32)29(33)30(26)22-8-6-5-7-9-22/h5-17,19,26,31H,4,18H2,1-3H3/b27-25-. The van der Waals surface area contributed by atoms with Gasteiger partial charge in [-0.15, -0.1) is 0 Å². The topological polar surface area (TPSA) is 76.1 Å². The predicted octanol–water partition coefficient (Wildman–Crippen LogP) is 5.89. The van der Waals surface area contributed by atoms with Gasteiger partial charge in [-0.2, -0.15) is 0 Å². The SMILES string of the molecule is CCCOc1ccc(C2/C(=C(/O)c3ccc(OC(C)C)cc3)C(=O)C(=O)N2c2ccccc2)cc1. The largest absolute Gasteiger partial charge is 0.507 e. The van der Waals surface area contributed by atoms with E-state index in [4.69, 9.17) is 9.47 Å². The van der Waals surface area contributed by atoms with Crippen molar-refractivity contribution in [2.24, 2.45) is 0 Å². The lowest BCUT2D eigenvalue weighted by Crippen LogP contribution is -2.29. The molecule has 1 aliphatic rings. The van der Waals surface area contributed by atoms with Gasteiger partial charge in [0.2, 0.25) is 0 Å². The molecule has 0 radical (unpaired) electrons. The second kappa shape index (κ2) is 10.5. The van der Waals surface area contributed by atoms with Crippen molar-refractivity contribution in [1.82, 2.24) is 0 Å². The number of para-hydroxylation sites is 1. The Morgan fingerprint density at radius 1 is 0.914 bits per heavy atom. The van der Waals surface area contributed by atoms with Crippen LogP contribution >= 0.6 is 0 Å². The summed E-state index contributed by atoms with van der Waals surface area (Å²) in [4.78, 5) is 27.9. The molecule has 0 saturated carbocycles. The molecule has 1 amide bonds. The molecule has 35 heavy (non-hydrogen) atoms. The van der Waals surface area contributed by atoms with Gasteiger partial charge in [-0.1, -0.05) is 37.3 Å². The van der Waals surface area contributed by atoms with Crippen LogP contribution in [0.15, 0.2) is 84.4 Å². The van der Waals surface area contributed by atoms with Crippen molar-refractivity contribution in [3.63, 3.8) is 0 Å². The number of hydrogen-bond donors (Lipinski definition) is 1. The Balaban J connectivity index is 1.80. The summed E-state index contributed by atoms with van der Waals surface area (Å²) in [6, 6.07) is 22.3. The monoisotopic (exact) mass is 471 g/mol. The van der Waals surface area contributed by atoms with Gasteiger partial charge in [-0.3, -0.25) is 14.5 Å². The minimum atomic E-state index is -0.788. The highest BCUT2D eigenvalue weighted by Crippen LogP contribution is 2.42. The van der Waals surface area contributed by atoms with E-state index in [9.17, 15) is 14.7 Å². The summed E-state index contributed by atoms with van der Waals surface area (Å²) in [7, 11) is 0. The summed E-state index contributed by atoms with van der Waals surface area (Å²) < 4.78 is 11.4. The maximum absolute atomic E-state index is 13.2. The number of carbonyl (C=O) groups is 2. The van der Waals surface area contributed by atoms with Crippen LogP contribution in [0.2, 0.25) is 0 Å². The molecule has 4 rings (SSSR count). The number of aliphatic hydroxyl groups is 1. The maximum Gasteiger partial charge on any atom is 0.300 e. The van der Waals surface area contributed by atoms with Gasteiger partial charge >= 0.3 is 0 Å². The number of nitrogens with zero attached hydrogens (tertiary/aromatic N) is 1. The summed E-state index contributed by atoms with van der Waals surface area (Å²) in [6.45, 7) is 6.48. The fourth-order valence-corrected chi connectivity index (χ4v) is 4.09. The number of anilines is 1. The molecule has 1 heterocycles. The lowest BCUT2D eigenvalue weighted by molar-refractivity contribution is -0.132. The molecule has 0 aromatic heterocycles. The lowest BCUT2D eigenvalue weighted by atomic mass is 9.95. The normalized spacial score (nSPS) is 17.1. The first-order valence-corrected chi connectivity index (χ1v) is 11.8. The van der Waals surface area contributed by atoms with Crippen molar-refractivity contribution in [3.05, 3.63) is 95.6 Å². The maximum atomic E-state index is 13.2. The zero-order valence-corrected chi connectivity index (χ0v) is 20.1. The third kappa shape index (κ3) is 5.06. The average molecular weight is 472 g/mol. The highest BCUT2D eigenvalue weighted by Gasteiger charge is 2.46. The highest BCUT2D eigenvalue weighted by atomic mass is 16.5. The molecule has 0 bridgehead atoms. The summed E-state index contributed by atoms with van der Waals surface area (Å²) in [6.07, 6.45) is 0.895. The molecule has 0 spiro atoms. The van der Waals surface area contributed by atoms with E-state index in [-0.39, 0.29) is 17.4 Å². The number of amides is 1. The Bertz CT molecular complexity index is 1210. The average Bonchev–Trinajstić information content (AvgIpc) is 3.13. The molecule has 1 atom stereocenters. The Kier molecular flexibility index (Phi) is 7.20. The summed E-state index contributed by atoms with van der Waals surface area (Å²) in [5.74, 6) is -0.290. The summed E-state index contributed by atoms with van der Waals surface area (Å²) >= 11 is 0. The molecule has 1 fully saturated rings. The molecule has 3 aromatic rings. The Morgan fingerprint density at radius 2 is 1.54 bits per heavy atom. The van der Waals surface area contributed by atoms with E-state index >= 15 is 0 Å². The van der Waals surface area contributed by atoms with Gasteiger partial charge in [0, 0.05) is 11.3 Å². The van der Waals surface area contributed by atoms with E-state index < -0.39 is 17.7 Å².